The zero-order valence-corrected chi connectivity index (χ0v) is 12.4. The third kappa shape index (κ3) is 1.75. The number of hydrogen-bond acceptors (Lipinski definition) is 2. The third-order valence-corrected chi connectivity index (χ3v) is 5.13. The SMILES string of the molecule is CC(=O)OC1c2ccccc2C2c3ccccc3C1C2Cl. The standard InChI is InChI=1S/C18H15ClO2/c1-10(20)21-18-14-9-5-4-8-13(14)15-11-6-2-3-7-12(11)16(18)17(15)19/h2-9,15-18H,1H3. The molecule has 0 saturated carbocycles. The normalized spacial score (nSPS) is 28.7. The molecule has 0 radical (unpaired) electrons. The molecule has 4 unspecified atom stereocenters. The number of ether oxygens (including phenoxy) is 1. The van der Waals surface area contributed by atoms with Gasteiger partial charge in [0.05, 0.1) is 5.38 Å². The van der Waals surface area contributed by atoms with Crippen molar-refractivity contribution in [3.05, 3.63) is 70.8 Å². The Morgan fingerprint density at radius 1 is 0.952 bits per heavy atom. The highest BCUT2D eigenvalue weighted by atomic mass is 35.5. The summed E-state index contributed by atoms with van der Waals surface area (Å²) in [5.41, 5.74) is 4.76. The second-order valence-corrected chi connectivity index (χ2v) is 6.24. The number of benzene rings is 2. The van der Waals surface area contributed by atoms with Crippen molar-refractivity contribution < 1.29 is 9.53 Å². The Labute approximate surface area is 128 Å². The van der Waals surface area contributed by atoms with Crippen molar-refractivity contribution in [3.8, 4) is 0 Å². The van der Waals surface area contributed by atoms with Crippen LogP contribution in [-0.2, 0) is 9.53 Å². The Kier molecular flexibility index (Phi) is 2.83. The molecule has 0 amide bonds. The largest absolute Gasteiger partial charge is 0.457 e. The van der Waals surface area contributed by atoms with Crippen LogP contribution >= 0.6 is 11.6 Å². The van der Waals surface area contributed by atoms with Crippen LogP contribution in [0.3, 0.4) is 0 Å². The molecule has 2 bridgehead atoms. The van der Waals surface area contributed by atoms with Crippen molar-refractivity contribution in [3.63, 3.8) is 0 Å². The molecule has 2 aromatic carbocycles. The predicted molar refractivity (Wildman–Crippen MR) is 81.6 cm³/mol. The first kappa shape index (κ1) is 12.9. The fourth-order valence-corrected chi connectivity index (χ4v) is 4.42. The smallest absolute Gasteiger partial charge is 0.303 e. The summed E-state index contributed by atoms with van der Waals surface area (Å²) in [7, 11) is 0. The summed E-state index contributed by atoms with van der Waals surface area (Å²) in [6.45, 7) is 1.46. The zero-order valence-electron chi connectivity index (χ0n) is 11.6. The van der Waals surface area contributed by atoms with E-state index in [2.05, 4.69) is 24.3 Å². The number of hydrogen-bond donors (Lipinski definition) is 0. The molecule has 2 nitrogen and oxygen atoms in total. The maximum absolute atomic E-state index is 11.6. The van der Waals surface area contributed by atoms with Crippen molar-refractivity contribution >= 4 is 17.6 Å². The predicted octanol–water partition coefficient (Wildman–Crippen LogP) is 4.14. The molecular formula is C18H15ClO2. The zero-order chi connectivity index (χ0) is 14.6. The van der Waals surface area contributed by atoms with E-state index in [4.69, 9.17) is 16.3 Å². The van der Waals surface area contributed by atoms with Crippen LogP contribution in [0.25, 0.3) is 0 Å². The van der Waals surface area contributed by atoms with Crippen molar-refractivity contribution in [1.82, 2.24) is 0 Å². The molecule has 2 aliphatic carbocycles. The van der Waals surface area contributed by atoms with Gasteiger partial charge in [0, 0.05) is 18.8 Å². The van der Waals surface area contributed by atoms with Crippen LogP contribution in [0.2, 0.25) is 0 Å². The minimum absolute atomic E-state index is 0.0340. The highest BCUT2D eigenvalue weighted by Gasteiger charge is 2.50. The van der Waals surface area contributed by atoms with Gasteiger partial charge in [0.25, 0.3) is 0 Å². The van der Waals surface area contributed by atoms with Crippen molar-refractivity contribution in [2.45, 2.75) is 30.2 Å². The highest BCUT2D eigenvalue weighted by molar-refractivity contribution is 6.22. The number of fused-ring (bicyclic) bond motifs is 7. The van der Waals surface area contributed by atoms with E-state index in [1.165, 1.54) is 23.6 Å². The number of alkyl halides is 1. The van der Waals surface area contributed by atoms with Gasteiger partial charge in [-0.3, -0.25) is 4.79 Å². The number of carbonyl (C=O) groups excluding carboxylic acids is 1. The minimum atomic E-state index is -0.291. The second kappa shape index (κ2) is 4.60. The molecule has 106 valence electrons. The lowest BCUT2D eigenvalue weighted by Crippen LogP contribution is -2.29. The molecule has 0 aliphatic heterocycles. The van der Waals surface area contributed by atoms with E-state index in [0.29, 0.717) is 0 Å². The van der Waals surface area contributed by atoms with E-state index in [0.717, 1.165) is 5.56 Å². The molecule has 0 saturated heterocycles. The van der Waals surface area contributed by atoms with Crippen molar-refractivity contribution in [1.29, 1.82) is 0 Å². The molecule has 0 spiro atoms. The maximum Gasteiger partial charge on any atom is 0.303 e. The van der Waals surface area contributed by atoms with Gasteiger partial charge in [-0.15, -0.1) is 11.6 Å². The molecule has 0 aromatic heterocycles. The van der Waals surface area contributed by atoms with E-state index in [1.54, 1.807) is 0 Å². The van der Waals surface area contributed by atoms with Gasteiger partial charge in [0.15, 0.2) is 0 Å². The Hall–Kier alpha value is -1.80. The molecular weight excluding hydrogens is 284 g/mol. The topological polar surface area (TPSA) is 26.3 Å². The Balaban J connectivity index is 1.97. The molecule has 21 heavy (non-hydrogen) atoms. The fourth-order valence-electron chi connectivity index (χ4n) is 3.88. The summed E-state index contributed by atoms with van der Waals surface area (Å²) in [5, 5.41) is -0.0679. The number of halogens is 1. The number of esters is 1. The fraction of sp³-hybridized carbons (Fsp3) is 0.278. The van der Waals surface area contributed by atoms with Crippen LogP contribution in [0.5, 0.6) is 0 Å². The van der Waals surface area contributed by atoms with E-state index in [9.17, 15) is 4.79 Å². The molecule has 0 fully saturated rings. The van der Waals surface area contributed by atoms with Crippen LogP contribution in [-0.4, -0.2) is 11.3 Å². The Bertz CT molecular complexity index is 725. The van der Waals surface area contributed by atoms with Crippen LogP contribution in [0.15, 0.2) is 48.5 Å². The van der Waals surface area contributed by atoms with Gasteiger partial charge in [-0.2, -0.15) is 0 Å². The lowest BCUT2D eigenvalue weighted by Gasteiger charge is -2.35. The van der Waals surface area contributed by atoms with Gasteiger partial charge in [-0.1, -0.05) is 48.5 Å². The lowest BCUT2D eigenvalue weighted by molar-refractivity contribution is -0.148. The molecule has 4 rings (SSSR count). The van der Waals surface area contributed by atoms with Gasteiger partial charge in [-0.05, 0) is 22.3 Å². The molecule has 4 atom stereocenters. The summed E-state index contributed by atoms with van der Waals surface area (Å²) >= 11 is 6.76. The monoisotopic (exact) mass is 298 g/mol. The number of carbonyl (C=O) groups is 1. The summed E-state index contributed by atoms with van der Waals surface area (Å²) in [6.07, 6.45) is -0.291. The lowest BCUT2D eigenvalue weighted by atomic mass is 9.78. The van der Waals surface area contributed by atoms with Gasteiger partial charge in [-0.25, -0.2) is 0 Å². The van der Waals surface area contributed by atoms with Crippen LogP contribution in [0, 0.1) is 0 Å². The van der Waals surface area contributed by atoms with Crippen LogP contribution in [0.4, 0.5) is 0 Å². The van der Waals surface area contributed by atoms with Gasteiger partial charge >= 0.3 is 5.97 Å². The molecule has 2 aromatic rings. The Morgan fingerprint density at radius 3 is 2.10 bits per heavy atom. The summed E-state index contributed by atoms with van der Waals surface area (Å²) in [4.78, 5) is 11.6. The third-order valence-electron chi connectivity index (χ3n) is 4.61. The summed E-state index contributed by atoms with van der Waals surface area (Å²) in [5.74, 6) is -0.0379. The minimum Gasteiger partial charge on any atom is -0.457 e. The van der Waals surface area contributed by atoms with Crippen molar-refractivity contribution in [2.24, 2.45) is 0 Å². The van der Waals surface area contributed by atoms with Gasteiger partial charge in [0.2, 0.25) is 0 Å². The average Bonchev–Trinajstić information content (AvgIpc) is 2.69. The quantitative estimate of drug-likeness (QED) is 0.584. The van der Waals surface area contributed by atoms with Gasteiger partial charge in [0.1, 0.15) is 6.10 Å². The first-order valence-electron chi connectivity index (χ1n) is 7.17. The second-order valence-electron chi connectivity index (χ2n) is 5.74. The van der Waals surface area contributed by atoms with Crippen molar-refractivity contribution in [2.75, 3.05) is 0 Å². The molecule has 0 N–H and O–H groups in total. The number of rotatable bonds is 1. The first-order chi connectivity index (χ1) is 10.2. The average molecular weight is 299 g/mol. The summed E-state index contributed by atoms with van der Waals surface area (Å²) < 4.78 is 5.65. The van der Waals surface area contributed by atoms with E-state index >= 15 is 0 Å². The van der Waals surface area contributed by atoms with Crippen LogP contribution < -0.4 is 0 Å². The Morgan fingerprint density at radius 2 is 1.48 bits per heavy atom. The van der Waals surface area contributed by atoms with Gasteiger partial charge < -0.3 is 4.74 Å². The molecule has 2 aliphatic rings. The molecule has 0 heterocycles. The van der Waals surface area contributed by atoms with Crippen LogP contribution in [0.1, 0.15) is 47.1 Å². The first-order valence-corrected chi connectivity index (χ1v) is 7.61. The summed E-state index contributed by atoms with van der Waals surface area (Å²) in [6, 6.07) is 16.5. The van der Waals surface area contributed by atoms with E-state index in [1.807, 2.05) is 24.3 Å². The van der Waals surface area contributed by atoms with E-state index in [-0.39, 0.29) is 29.3 Å². The maximum atomic E-state index is 11.6. The molecule has 3 heteroatoms. The highest BCUT2D eigenvalue weighted by Crippen LogP contribution is 2.59. The van der Waals surface area contributed by atoms with E-state index < -0.39 is 0 Å².